The van der Waals surface area contributed by atoms with Gasteiger partial charge in [-0.1, -0.05) is 39.0 Å². The highest BCUT2D eigenvalue weighted by Crippen LogP contribution is 2.27. The van der Waals surface area contributed by atoms with Crippen LogP contribution in [0.5, 0.6) is 0 Å². The number of aromatic amines is 1. The van der Waals surface area contributed by atoms with Crippen molar-refractivity contribution in [1.82, 2.24) is 15.3 Å². The lowest BCUT2D eigenvalue weighted by Gasteiger charge is -2.31. The number of hydrogen-bond acceptors (Lipinski definition) is 2. The predicted molar refractivity (Wildman–Crippen MR) is 96.3 cm³/mol. The average molecular weight is 329 g/mol. The Labute approximate surface area is 144 Å². The third kappa shape index (κ3) is 4.44. The lowest BCUT2D eigenvalue weighted by atomic mass is 9.91. The number of benzene rings is 1. The first-order valence-corrected chi connectivity index (χ1v) is 9.33. The number of imidazole rings is 1. The fourth-order valence-corrected chi connectivity index (χ4v) is 3.22. The van der Waals surface area contributed by atoms with Crippen LogP contribution < -0.4 is 5.32 Å². The average Bonchev–Trinajstić information content (AvgIpc) is 3.03. The Morgan fingerprint density at radius 2 is 2.00 bits per heavy atom. The number of halogens is 1. The quantitative estimate of drug-likeness (QED) is 0.607. The van der Waals surface area contributed by atoms with Crippen molar-refractivity contribution >= 4 is 0 Å². The van der Waals surface area contributed by atoms with Crippen LogP contribution in [0.3, 0.4) is 0 Å². The molecule has 1 aromatic carbocycles. The molecule has 1 saturated carbocycles. The normalized spacial score (nSPS) is 16.1. The molecule has 2 N–H and O–H groups in total. The monoisotopic (exact) mass is 329 g/mol. The Morgan fingerprint density at radius 1 is 1.21 bits per heavy atom. The molecule has 3 rings (SSSR count). The van der Waals surface area contributed by atoms with Gasteiger partial charge in [0.05, 0.1) is 17.9 Å². The zero-order chi connectivity index (χ0) is 16.8. The topological polar surface area (TPSA) is 40.7 Å². The van der Waals surface area contributed by atoms with Crippen molar-refractivity contribution in [2.75, 3.05) is 0 Å². The minimum Gasteiger partial charge on any atom is -0.341 e. The van der Waals surface area contributed by atoms with Gasteiger partial charge in [-0.15, -0.1) is 0 Å². The van der Waals surface area contributed by atoms with Gasteiger partial charge in [-0.3, -0.25) is 0 Å². The van der Waals surface area contributed by atoms with E-state index in [0.717, 1.165) is 23.5 Å². The molecule has 4 heteroatoms. The molecule has 0 bridgehead atoms. The lowest BCUT2D eigenvalue weighted by Crippen LogP contribution is -2.38. The van der Waals surface area contributed by atoms with Gasteiger partial charge >= 0.3 is 0 Å². The Bertz CT molecular complexity index is 616. The van der Waals surface area contributed by atoms with E-state index in [9.17, 15) is 4.39 Å². The van der Waals surface area contributed by atoms with E-state index in [2.05, 4.69) is 22.2 Å². The Kier molecular flexibility index (Phi) is 6.02. The van der Waals surface area contributed by atoms with Crippen LogP contribution in [-0.4, -0.2) is 16.0 Å². The molecule has 0 radical (unpaired) electrons. The van der Waals surface area contributed by atoms with Gasteiger partial charge in [0.1, 0.15) is 11.6 Å². The number of aromatic nitrogens is 2. The number of unbranched alkanes of at least 4 members (excludes halogenated alkanes) is 3. The predicted octanol–water partition coefficient (Wildman–Crippen LogP) is 5.37. The van der Waals surface area contributed by atoms with Crippen molar-refractivity contribution in [2.45, 2.75) is 70.4 Å². The summed E-state index contributed by atoms with van der Waals surface area (Å²) in [5.41, 5.74) is 1.93. The second kappa shape index (κ2) is 8.43. The number of H-pyrrole nitrogens is 1. The summed E-state index contributed by atoms with van der Waals surface area (Å²) in [4.78, 5) is 8.06. The highest BCUT2D eigenvalue weighted by molar-refractivity contribution is 5.58. The maximum Gasteiger partial charge on any atom is 0.123 e. The molecule has 0 amide bonds. The minimum absolute atomic E-state index is 0.209. The molecule has 1 aliphatic rings. The second-order valence-electron chi connectivity index (χ2n) is 6.89. The minimum atomic E-state index is -0.209. The van der Waals surface area contributed by atoms with Crippen molar-refractivity contribution in [3.63, 3.8) is 0 Å². The Morgan fingerprint density at radius 3 is 2.67 bits per heavy atom. The fraction of sp³-hybridized carbons (Fsp3) is 0.550. The van der Waals surface area contributed by atoms with E-state index in [1.807, 2.05) is 6.20 Å². The van der Waals surface area contributed by atoms with Gasteiger partial charge in [-0.05, 0) is 49.1 Å². The van der Waals surface area contributed by atoms with E-state index in [-0.39, 0.29) is 5.82 Å². The third-order valence-corrected chi connectivity index (χ3v) is 4.97. The van der Waals surface area contributed by atoms with Gasteiger partial charge in [-0.25, -0.2) is 9.37 Å². The third-order valence-electron chi connectivity index (χ3n) is 4.97. The van der Waals surface area contributed by atoms with Crippen molar-refractivity contribution in [3.8, 4) is 11.3 Å². The van der Waals surface area contributed by atoms with Crippen LogP contribution in [0.2, 0.25) is 0 Å². The van der Waals surface area contributed by atoms with Crippen molar-refractivity contribution in [3.05, 3.63) is 42.1 Å². The molecular formula is C20H28FN3. The maximum atomic E-state index is 13.1. The number of hydrogen-bond donors (Lipinski definition) is 2. The molecule has 2 aromatic rings. The van der Waals surface area contributed by atoms with Crippen LogP contribution in [0.4, 0.5) is 4.39 Å². The molecule has 1 fully saturated rings. The van der Waals surface area contributed by atoms with E-state index < -0.39 is 0 Å². The highest BCUT2D eigenvalue weighted by Gasteiger charge is 2.23. The summed E-state index contributed by atoms with van der Waals surface area (Å²) in [5.74, 6) is 0.802. The van der Waals surface area contributed by atoms with Gasteiger partial charge in [-0.2, -0.15) is 0 Å². The Balaban J connectivity index is 1.67. The van der Waals surface area contributed by atoms with Crippen molar-refractivity contribution in [2.24, 2.45) is 0 Å². The molecule has 1 heterocycles. The largest absolute Gasteiger partial charge is 0.341 e. The molecule has 130 valence electrons. The molecule has 1 aliphatic carbocycles. The van der Waals surface area contributed by atoms with Crippen LogP contribution >= 0.6 is 0 Å². The van der Waals surface area contributed by atoms with Crippen LogP contribution in [0.1, 0.15) is 70.2 Å². The fourth-order valence-electron chi connectivity index (χ4n) is 3.22. The number of nitrogens with one attached hydrogen (secondary N) is 2. The van der Waals surface area contributed by atoms with Gasteiger partial charge in [0.15, 0.2) is 0 Å². The summed E-state index contributed by atoms with van der Waals surface area (Å²) in [5, 5.41) is 3.77. The van der Waals surface area contributed by atoms with Crippen LogP contribution in [0.25, 0.3) is 11.3 Å². The first-order valence-electron chi connectivity index (χ1n) is 9.33. The summed E-state index contributed by atoms with van der Waals surface area (Å²) in [6, 6.07) is 7.50. The van der Waals surface area contributed by atoms with Gasteiger partial charge < -0.3 is 10.3 Å². The molecule has 3 nitrogen and oxygen atoms in total. The van der Waals surface area contributed by atoms with Gasteiger partial charge in [0.2, 0.25) is 0 Å². The zero-order valence-corrected chi connectivity index (χ0v) is 14.5. The lowest BCUT2D eigenvalue weighted by molar-refractivity contribution is 0.289. The van der Waals surface area contributed by atoms with Crippen LogP contribution in [-0.2, 0) is 0 Å². The first-order chi connectivity index (χ1) is 11.8. The molecule has 1 unspecified atom stereocenters. The zero-order valence-electron chi connectivity index (χ0n) is 14.5. The summed E-state index contributed by atoms with van der Waals surface area (Å²) < 4.78 is 13.1. The second-order valence-corrected chi connectivity index (χ2v) is 6.89. The smallest absolute Gasteiger partial charge is 0.123 e. The highest BCUT2D eigenvalue weighted by atomic mass is 19.1. The number of rotatable bonds is 9. The van der Waals surface area contributed by atoms with E-state index in [1.54, 1.807) is 12.1 Å². The Hall–Kier alpha value is -1.68. The van der Waals surface area contributed by atoms with E-state index >= 15 is 0 Å². The molecule has 0 aliphatic heterocycles. The van der Waals surface area contributed by atoms with E-state index in [0.29, 0.717) is 12.1 Å². The van der Waals surface area contributed by atoms with E-state index in [1.165, 1.54) is 57.1 Å². The summed E-state index contributed by atoms with van der Waals surface area (Å²) in [6.45, 7) is 2.24. The molecule has 0 saturated heterocycles. The van der Waals surface area contributed by atoms with Crippen LogP contribution in [0.15, 0.2) is 30.5 Å². The number of nitrogens with zero attached hydrogens (tertiary/aromatic N) is 1. The summed E-state index contributed by atoms with van der Waals surface area (Å²) in [6.07, 6.45) is 11.9. The molecule has 1 aromatic heterocycles. The summed E-state index contributed by atoms with van der Waals surface area (Å²) >= 11 is 0. The standard InChI is InChI=1S/C20H28FN3/c1-2-3-4-5-9-18(23-17-7-6-8-17)20-22-14-19(24-20)15-10-12-16(21)13-11-15/h10-14,17-18,23H,2-9H2,1H3,(H,22,24). The van der Waals surface area contributed by atoms with Crippen molar-refractivity contribution < 1.29 is 4.39 Å². The van der Waals surface area contributed by atoms with Gasteiger partial charge in [0.25, 0.3) is 0 Å². The molecule has 1 atom stereocenters. The van der Waals surface area contributed by atoms with Crippen molar-refractivity contribution in [1.29, 1.82) is 0 Å². The first kappa shape index (κ1) is 17.2. The molecule has 24 heavy (non-hydrogen) atoms. The van der Waals surface area contributed by atoms with E-state index in [4.69, 9.17) is 0 Å². The SMILES string of the molecule is CCCCCCC(NC1CCC1)c1ncc(-c2ccc(F)cc2)[nH]1. The molecule has 0 spiro atoms. The maximum absolute atomic E-state index is 13.1. The molecular weight excluding hydrogens is 301 g/mol. The summed E-state index contributed by atoms with van der Waals surface area (Å²) in [7, 11) is 0. The van der Waals surface area contributed by atoms with Crippen LogP contribution in [0, 0.1) is 5.82 Å². The van der Waals surface area contributed by atoms with Gasteiger partial charge in [0, 0.05) is 6.04 Å².